The second kappa shape index (κ2) is 4.39. The number of benzene rings is 4. The van der Waals surface area contributed by atoms with E-state index in [1.54, 1.807) is 12.1 Å². The lowest BCUT2D eigenvalue weighted by Crippen LogP contribution is -1.90. The molecule has 0 N–H and O–H groups in total. The average Bonchev–Trinajstić information content (AvgIpc) is 2.46. The molecule has 0 saturated heterocycles. The third-order valence-corrected chi connectivity index (χ3v) is 5.12. The van der Waals surface area contributed by atoms with Crippen LogP contribution in [0.2, 0.25) is 0 Å². The van der Waals surface area contributed by atoms with Crippen LogP contribution in [0.3, 0.4) is 0 Å². The maximum absolute atomic E-state index is 11.1. The molecule has 0 aromatic heterocycles. The van der Waals surface area contributed by atoms with E-state index >= 15 is 0 Å². The molecule has 4 rings (SSSR count). The van der Waals surface area contributed by atoms with Crippen molar-refractivity contribution in [1.82, 2.24) is 0 Å². The molecule has 0 saturated carbocycles. The van der Waals surface area contributed by atoms with E-state index in [9.17, 15) is 10.1 Å². The molecule has 0 aliphatic heterocycles. The lowest BCUT2D eigenvalue weighted by atomic mass is 9.94. The molecule has 0 aliphatic carbocycles. The summed E-state index contributed by atoms with van der Waals surface area (Å²) in [5.41, 5.74) is 0.124. The Balaban J connectivity index is 2.33. The number of hydrogen-bond donors (Lipinski definition) is 0. The highest BCUT2D eigenvalue weighted by Crippen LogP contribution is 2.42. The maximum atomic E-state index is 11.1. The monoisotopic (exact) mass is 403 g/mol. The van der Waals surface area contributed by atoms with Gasteiger partial charge in [0.2, 0.25) is 0 Å². The normalized spacial score (nSPS) is 11.7. The molecule has 4 aromatic carbocycles. The predicted octanol–water partition coefficient (Wildman–Crippen LogP) is 6.02. The number of non-ortho nitro benzene ring substituents is 1. The Bertz CT molecular complexity index is 973. The quantitative estimate of drug-likeness (QED) is 0.221. The SMILES string of the molecule is O=[N+]([O-])c1cc2ccc3c(Br)cc(Br)c4ccc(c1)c2c34. The Morgan fingerprint density at radius 3 is 1.81 bits per heavy atom. The van der Waals surface area contributed by atoms with Gasteiger partial charge in [0.05, 0.1) is 4.92 Å². The van der Waals surface area contributed by atoms with Crippen LogP contribution >= 0.6 is 31.9 Å². The van der Waals surface area contributed by atoms with Crippen molar-refractivity contribution >= 4 is 69.9 Å². The Kier molecular flexibility index (Phi) is 2.71. The summed E-state index contributed by atoms with van der Waals surface area (Å²) in [6.45, 7) is 0. The van der Waals surface area contributed by atoms with Gasteiger partial charge in [-0.25, -0.2) is 0 Å². The van der Waals surface area contributed by atoms with Crippen molar-refractivity contribution in [2.24, 2.45) is 0 Å². The summed E-state index contributed by atoms with van der Waals surface area (Å²) >= 11 is 7.18. The topological polar surface area (TPSA) is 43.1 Å². The molecule has 21 heavy (non-hydrogen) atoms. The molecule has 102 valence electrons. The summed E-state index contributed by atoms with van der Waals surface area (Å²) in [5.74, 6) is 0. The van der Waals surface area contributed by atoms with Gasteiger partial charge < -0.3 is 0 Å². The minimum atomic E-state index is -0.347. The molecule has 0 aliphatic rings. The lowest BCUT2D eigenvalue weighted by Gasteiger charge is -2.13. The molecule has 4 aromatic rings. The van der Waals surface area contributed by atoms with Crippen molar-refractivity contribution in [3.63, 3.8) is 0 Å². The summed E-state index contributed by atoms with van der Waals surface area (Å²) in [4.78, 5) is 10.7. The third kappa shape index (κ3) is 1.77. The zero-order valence-electron chi connectivity index (χ0n) is 10.6. The molecule has 5 heteroatoms. The van der Waals surface area contributed by atoms with E-state index in [1.165, 1.54) is 0 Å². The van der Waals surface area contributed by atoms with Crippen LogP contribution in [0.15, 0.2) is 51.4 Å². The summed E-state index contributed by atoms with van der Waals surface area (Å²) in [6.07, 6.45) is 0. The highest BCUT2D eigenvalue weighted by atomic mass is 79.9. The second-order valence-corrected chi connectivity index (χ2v) is 6.67. The van der Waals surface area contributed by atoms with Gasteiger partial charge in [-0.3, -0.25) is 10.1 Å². The largest absolute Gasteiger partial charge is 0.270 e. The Labute approximate surface area is 136 Å². The van der Waals surface area contributed by atoms with Crippen molar-refractivity contribution in [1.29, 1.82) is 0 Å². The van der Waals surface area contributed by atoms with Crippen molar-refractivity contribution in [3.8, 4) is 0 Å². The third-order valence-electron chi connectivity index (χ3n) is 3.81. The van der Waals surface area contributed by atoms with E-state index in [-0.39, 0.29) is 10.6 Å². The molecule has 0 radical (unpaired) electrons. The first kappa shape index (κ1) is 13.0. The van der Waals surface area contributed by atoms with Crippen molar-refractivity contribution in [2.45, 2.75) is 0 Å². The summed E-state index contributed by atoms with van der Waals surface area (Å²) < 4.78 is 2.02. The number of hydrogen-bond acceptors (Lipinski definition) is 2. The van der Waals surface area contributed by atoms with Gasteiger partial charge in [-0.2, -0.15) is 0 Å². The molecule has 0 bridgehead atoms. The van der Waals surface area contributed by atoms with Gasteiger partial charge in [-0.1, -0.05) is 56.1 Å². The highest BCUT2D eigenvalue weighted by molar-refractivity contribution is 9.11. The molecular weight excluding hydrogens is 398 g/mol. The Morgan fingerprint density at radius 1 is 0.810 bits per heavy atom. The predicted molar refractivity (Wildman–Crippen MR) is 92.2 cm³/mol. The minimum absolute atomic E-state index is 0.124. The van der Waals surface area contributed by atoms with Crippen LogP contribution in [-0.2, 0) is 0 Å². The lowest BCUT2D eigenvalue weighted by molar-refractivity contribution is -0.384. The molecular formula is C16H7Br2NO2. The summed E-state index contributed by atoms with van der Waals surface area (Å²) in [7, 11) is 0. The van der Waals surface area contributed by atoms with Gasteiger partial charge >= 0.3 is 0 Å². The van der Waals surface area contributed by atoms with Gasteiger partial charge in [-0.05, 0) is 38.4 Å². The maximum Gasteiger partial charge on any atom is 0.270 e. The summed E-state index contributed by atoms with van der Waals surface area (Å²) in [5, 5.41) is 17.3. The number of nitrogens with zero attached hydrogens (tertiary/aromatic N) is 1. The average molecular weight is 405 g/mol. The smallest absolute Gasteiger partial charge is 0.258 e. The molecule has 0 spiro atoms. The van der Waals surface area contributed by atoms with Crippen molar-refractivity contribution < 1.29 is 4.92 Å². The first-order chi connectivity index (χ1) is 10.1. The fourth-order valence-corrected chi connectivity index (χ4v) is 4.35. The molecule has 0 heterocycles. The van der Waals surface area contributed by atoms with Gasteiger partial charge in [0.15, 0.2) is 0 Å². The standard InChI is InChI=1S/C16H7Br2NO2/c17-13-7-14(18)12-4-2-9-6-10(19(20)21)5-8-1-3-11(13)16(12)15(8)9/h1-7H. The summed E-state index contributed by atoms with van der Waals surface area (Å²) in [6, 6.07) is 13.2. The Morgan fingerprint density at radius 2 is 1.33 bits per heavy atom. The van der Waals surface area contributed by atoms with Crippen LogP contribution in [0.4, 0.5) is 5.69 Å². The fourth-order valence-electron chi connectivity index (χ4n) is 2.92. The minimum Gasteiger partial charge on any atom is -0.258 e. The molecule has 0 fully saturated rings. The van der Waals surface area contributed by atoms with Gasteiger partial charge in [0.1, 0.15) is 0 Å². The van der Waals surface area contributed by atoms with E-state index in [4.69, 9.17) is 0 Å². The van der Waals surface area contributed by atoms with Crippen LogP contribution in [-0.4, -0.2) is 4.92 Å². The van der Waals surface area contributed by atoms with Crippen molar-refractivity contribution in [3.05, 3.63) is 61.5 Å². The van der Waals surface area contributed by atoms with E-state index in [0.717, 1.165) is 41.3 Å². The number of rotatable bonds is 1. The van der Waals surface area contributed by atoms with Crippen LogP contribution in [0.1, 0.15) is 0 Å². The molecule has 0 atom stereocenters. The van der Waals surface area contributed by atoms with E-state index < -0.39 is 0 Å². The van der Waals surface area contributed by atoms with Gasteiger partial charge in [0.25, 0.3) is 5.69 Å². The fraction of sp³-hybridized carbons (Fsp3) is 0. The second-order valence-electron chi connectivity index (χ2n) is 4.97. The zero-order valence-corrected chi connectivity index (χ0v) is 13.7. The van der Waals surface area contributed by atoms with E-state index in [1.807, 2.05) is 30.3 Å². The van der Waals surface area contributed by atoms with Gasteiger partial charge in [-0.15, -0.1) is 0 Å². The van der Waals surface area contributed by atoms with Gasteiger partial charge in [0, 0.05) is 21.1 Å². The molecule has 0 unspecified atom stereocenters. The number of nitro benzene ring substituents is 1. The number of nitro groups is 1. The first-order valence-electron chi connectivity index (χ1n) is 6.27. The van der Waals surface area contributed by atoms with Crippen LogP contribution in [0, 0.1) is 10.1 Å². The first-order valence-corrected chi connectivity index (χ1v) is 7.86. The Hall–Kier alpha value is -1.72. The van der Waals surface area contributed by atoms with E-state index in [2.05, 4.69) is 31.9 Å². The van der Waals surface area contributed by atoms with E-state index in [0.29, 0.717) is 0 Å². The van der Waals surface area contributed by atoms with Crippen LogP contribution < -0.4 is 0 Å². The highest BCUT2D eigenvalue weighted by Gasteiger charge is 2.16. The number of halogens is 2. The zero-order chi connectivity index (χ0) is 14.7. The van der Waals surface area contributed by atoms with Crippen LogP contribution in [0.5, 0.6) is 0 Å². The van der Waals surface area contributed by atoms with Crippen molar-refractivity contribution in [2.75, 3.05) is 0 Å². The van der Waals surface area contributed by atoms with Crippen LogP contribution in [0.25, 0.3) is 32.3 Å². The molecule has 3 nitrogen and oxygen atoms in total. The molecule has 0 amide bonds.